The maximum atomic E-state index is 13.2. The summed E-state index contributed by atoms with van der Waals surface area (Å²) < 4.78 is 84.6. The van der Waals surface area contributed by atoms with Crippen LogP contribution in [0.1, 0.15) is 30.2 Å². The summed E-state index contributed by atoms with van der Waals surface area (Å²) in [5.41, 5.74) is -1.35. The normalized spacial score (nSPS) is 13.5. The van der Waals surface area contributed by atoms with Gasteiger partial charge in [0.15, 0.2) is 11.4 Å². The van der Waals surface area contributed by atoms with E-state index < -0.39 is 29.8 Å². The lowest BCUT2D eigenvalue weighted by Crippen LogP contribution is -2.15. The predicted octanol–water partition coefficient (Wildman–Crippen LogP) is 5.06. The van der Waals surface area contributed by atoms with Gasteiger partial charge in [0.2, 0.25) is 0 Å². The van der Waals surface area contributed by atoms with Gasteiger partial charge < -0.3 is 9.73 Å². The summed E-state index contributed by atoms with van der Waals surface area (Å²) in [5, 5.41) is 5.74. The Balaban J connectivity index is 1.71. The van der Waals surface area contributed by atoms with Crippen LogP contribution in [-0.2, 0) is 12.4 Å². The largest absolute Gasteiger partial charge is 0.453 e. The first-order valence-electron chi connectivity index (χ1n) is 8.69. The highest BCUT2D eigenvalue weighted by Crippen LogP contribution is 2.36. The Hall–Kier alpha value is -3.42. The topological polar surface area (TPSA) is 94.6 Å². The van der Waals surface area contributed by atoms with Crippen LogP contribution in [0.2, 0.25) is 5.02 Å². The number of anilines is 1. The summed E-state index contributed by atoms with van der Waals surface area (Å²) >= 11 is 5.86. The van der Waals surface area contributed by atoms with Crippen LogP contribution in [0.25, 0.3) is 17.0 Å². The van der Waals surface area contributed by atoms with Gasteiger partial charge in [0.25, 0.3) is 17.8 Å². The SMILES string of the molecule is CC(Nc1nc2cc(C(F)(F)F)cc(Cl)c2o1)c1nc(C(F)(F)F)nn1-c1ncccn1. The molecule has 1 atom stereocenters. The van der Waals surface area contributed by atoms with Crippen molar-refractivity contribution in [2.45, 2.75) is 25.3 Å². The quantitative estimate of drug-likeness (QED) is 0.410. The number of hydrogen-bond donors (Lipinski definition) is 1. The van der Waals surface area contributed by atoms with Crippen LogP contribution in [0, 0.1) is 0 Å². The molecule has 8 nitrogen and oxygen atoms in total. The monoisotopic (exact) mass is 477 g/mol. The molecule has 0 bridgehead atoms. The number of hydrogen-bond acceptors (Lipinski definition) is 7. The van der Waals surface area contributed by atoms with E-state index in [2.05, 4.69) is 30.4 Å². The zero-order valence-electron chi connectivity index (χ0n) is 15.7. The molecule has 4 rings (SSSR count). The Kier molecular flexibility index (Phi) is 5.19. The average molecular weight is 478 g/mol. The summed E-state index contributed by atoms with van der Waals surface area (Å²) in [5.74, 6) is -1.84. The number of nitrogens with zero attached hydrogens (tertiary/aromatic N) is 6. The minimum absolute atomic E-state index is 0.127. The first-order valence-corrected chi connectivity index (χ1v) is 9.06. The zero-order valence-corrected chi connectivity index (χ0v) is 16.5. The fourth-order valence-corrected chi connectivity index (χ4v) is 2.99. The molecule has 0 aliphatic rings. The molecule has 32 heavy (non-hydrogen) atoms. The molecule has 1 N–H and O–H groups in total. The van der Waals surface area contributed by atoms with E-state index in [1.54, 1.807) is 0 Å². The Labute approximate surface area is 179 Å². The van der Waals surface area contributed by atoms with Gasteiger partial charge in [-0.05, 0) is 25.1 Å². The molecular weight excluding hydrogens is 468 g/mol. The summed E-state index contributed by atoms with van der Waals surface area (Å²) in [6.45, 7) is 1.42. The van der Waals surface area contributed by atoms with Gasteiger partial charge in [-0.15, -0.1) is 5.10 Å². The van der Waals surface area contributed by atoms with E-state index in [0.717, 1.165) is 10.7 Å². The van der Waals surface area contributed by atoms with Crippen LogP contribution in [-0.4, -0.2) is 29.7 Å². The molecule has 0 fully saturated rings. The van der Waals surface area contributed by atoms with E-state index in [1.165, 1.54) is 25.4 Å². The van der Waals surface area contributed by atoms with E-state index in [0.29, 0.717) is 6.07 Å². The molecule has 0 aliphatic heterocycles. The van der Waals surface area contributed by atoms with Gasteiger partial charge in [0.1, 0.15) is 5.52 Å². The molecule has 168 valence electrons. The van der Waals surface area contributed by atoms with Crippen molar-refractivity contribution in [2.24, 2.45) is 0 Å². The molecule has 0 aliphatic carbocycles. The number of aromatic nitrogens is 6. The number of nitrogens with one attached hydrogen (secondary N) is 1. The van der Waals surface area contributed by atoms with Crippen molar-refractivity contribution in [1.82, 2.24) is 29.7 Å². The first kappa shape index (κ1) is 21.8. The number of oxazole rings is 1. The lowest BCUT2D eigenvalue weighted by Gasteiger charge is -2.11. The summed E-state index contributed by atoms with van der Waals surface area (Å²) in [6.07, 6.45) is -6.88. The second-order valence-corrected chi connectivity index (χ2v) is 6.85. The molecule has 0 amide bonds. The molecule has 15 heteroatoms. The van der Waals surface area contributed by atoms with Gasteiger partial charge in [-0.3, -0.25) is 0 Å². The van der Waals surface area contributed by atoms with Crippen molar-refractivity contribution in [3.8, 4) is 5.95 Å². The lowest BCUT2D eigenvalue weighted by molar-refractivity contribution is -0.145. The Morgan fingerprint density at radius 1 is 1.03 bits per heavy atom. The van der Waals surface area contributed by atoms with Crippen LogP contribution in [0.4, 0.5) is 32.4 Å². The predicted molar refractivity (Wildman–Crippen MR) is 98.0 cm³/mol. The van der Waals surface area contributed by atoms with E-state index in [4.69, 9.17) is 16.0 Å². The molecule has 0 spiro atoms. The molecule has 1 unspecified atom stereocenters. The van der Waals surface area contributed by atoms with Crippen LogP contribution < -0.4 is 5.32 Å². The van der Waals surface area contributed by atoms with Gasteiger partial charge in [-0.2, -0.15) is 36.0 Å². The molecule has 3 heterocycles. The van der Waals surface area contributed by atoms with Crippen LogP contribution in [0.3, 0.4) is 0 Å². The van der Waals surface area contributed by atoms with Gasteiger partial charge in [-0.25, -0.2) is 15.0 Å². The maximum absolute atomic E-state index is 13.2. The third-order valence-corrected chi connectivity index (χ3v) is 4.41. The number of halogens is 7. The zero-order chi connectivity index (χ0) is 23.3. The van der Waals surface area contributed by atoms with Gasteiger partial charge >= 0.3 is 12.4 Å². The highest BCUT2D eigenvalue weighted by atomic mass is 35.5. The maximum Gasteiger partial charge on any atom is 0.453 e. The summed E-state index contributed by atoms with van der Waals surface area (Å²) in [4.78, 5) is 15.1. The van der Waals surface area contributed by atoms with Crippen LogP contribution >= 0.6 is 11.6 Å². The number of rotatable bonds is 4. The van der Waals surface area contributed by atoms with E-state index in [-0.39, 0.29) is 33.9 Å². The molecule has 0 saturated heterocycles. The van der Waals surface area contributed by atoms with Crippen molar-refractivity contribution < 1.29 is 30.8 Å². The van der Waals surface area contributed by atoms with Crippen molar-refractivity contribution in [3.05, 3.63) is 52.8 Å². The van der Waals surface area contributed by atoms with Crippen molar-refractivity contribution >= 4 is 28.7 Å². The summed E-state index contributed by atoms with van der Waals surface area (Å²) in [6, 6.07) is 1.59. The molecule has 4 aromatic rings. The number of alkyl halides is 6. The van der Waals surface area contributed by atoms with Crippen molar-refractivity contribution in [3.63, 3.8) is 0 Å². The molecule has 3 aromatic heterocycles. The highest BCUT2D eigenvalue weighted by molar-refractivity contribution is 6.34. The van der Waals surface area contributed by atoms with Crippen molar-refractivity contribution in [2.75, 3.05) is 5.32 Å². The number of benzene rings is 1. The van der Waals surface area contributed by atoms with E-state index in [1.807, 2.05) is 0 Å². The fraction of sp³-hybridized carbons (Fsp3) is 0.235. The van der Waals surface area contributed by atoms with Gasteiger partial charge in [-0.1, -0.05) is 11.6 Å². The summed E-state index contributed by atoms with van der Waals surface area (Å²) in [7, 11) is 0. The van der Waals surface area contributed by atoms with Crippen molar-refractivity contribution in [1.29, 1.82) is 0 Å². The molecule has 0 saturated carbocycles. The minimum Gasteiger partial charge on any atom is -0.422 e. The number of fused-ring (bicyclic) bond motifs is 1. The second-order valence-electron chi connectivity index (χ2n) is 6.44. The molecular formula is C17H10ClF6N7O. The van der Waals surface area contributed by atoms with Gasteiger partial charge in [0, 0.05) is 12.4 Å². The minimum atomic E-state index is -4.84. The van der Waals surface area contributed by atoms with Gasteiger partial charge in [0.05, 0.1) is 16.6 Å². The smallest absolute Gasteiger partial charge is 0.422 e. The second kappa shape index (κ2) is 7.62. The average Bonchev–Trinajstić information content (AvgIpc) is 3.32. The van der Waals surface area contributed by atoms with E-state index in [9.17, 15) is 26.3 Å². The van der Waals surface area contributed by atoms with E-state index >= 15 is 0 Å². The molecule has 1 aromatic carbocycles. The Morgan fingerprint density at radius 2 is 1.72 bits per heavy atom. The third-order valence-electron chi connectivity index (χ3n) is 4.13. The Morgan fingerprint density at radius 3 is 2.34 bits per heavy atom. The fourth-order valence-electron chi connectivity index (χ4n) is 2.74. The molecule has 0 radical (unpaired) electrons. The highest BCUT2D eigenvalue weighted by Gasteiger charge is 2.38. The van der Waals surface area contributed by atoms with Crippen LogP contribution in [0.15, 0.2) is 35.0 Å². The standard InChI is InChI=1S/C17H10ClF6N7O/c1-7(12-29-13(17(22,23)24)30-31(12)14-25-3-2-4-26-14)27-15-28-10-6-8(16(19,20)21)5-9(18)11(10)32-15/h2-7H,1H3,(H,27,28). The first-order chi connectivity index (χ1) is 14.9. The Bertz CT molecular complexity index is 1270. The van der Waals surface area contributed by atoms with Crippen LogP contribution in [0.5, 0.6) is 0 Å². The third kappa shape index (κ3) is 4.17. The lowest BCUT2D eigenvalue weighted by atomic mass is 10.2.